The smallest absolute Gasteiger partial charge is 0.332 e. The molecule has 1 atom stereocenters. The molecular weight excluding hydrogens is 434 g/mol. The van der Waals surface area contributed by atoms with Crippen LogP contribution in [0.25, 0.3) is 28.3 Å². The second-order valence-electron chi connectivity index (χ2n) is 8.34. The lowest BCUT2D eigenvalue weighted by atomic mass is 10.1. The molecule has 1 aromatic carbocycles. The van der Waals surface area contributed by atoms with E-state index in [0.29, 0.717) is 23.4 Å². The number of hydrogen-bond donors (Lipinski definition) is 1. The van der Waals surface area contributed by atoms with Gasteiger partial charge in [0.15, 0.2) is 22.7 Å². The molecule has 3 aromatic heterocycles. The molecule has 0 saturated carbocycles. The number of piperidine rings is 1. The van der Waals surface area contributed by atoms with Gasteiger partial charge in [0.1, 0.15) is 6.07 Å². The van der Waals surface area contributed by atoms with Crippen molar-refractivity contribution in [2.75, 3.05) is 18.0 Å². The Hall–Kier alpha value is -4.30. The van der Waals surface area contributed by atoms with E-state index in [-0.39, 0.29) is 35.3 Å². The summed E-state index contributed by atoms with van der Waals surface area (Å²) in [6.45, 7) is 5.02. The summed E-state index contributed by atoms with van der Waals surface area (Å²) >= 11 is 0. The summed E-state index contributed by atoms with van der Waals surface area (Å²) in [5, 5.41) is 10.1. The largest absolute Gasteiger partial charge is 0.340 e. The van der Waals surface area contributed by atoms with Crippen LogP contribution in [0, 0.1) is 11.3 Å². The maximum atomic E-state index is 13.5. The van der Waals surface area contributed by atoms with Crippen LogP contribution in [0.3, 0.4) is 0 Å². The van der Waals surface area contributed by atoms with Gasteiger partial charge in [-0.2, -0.15) is 10.2 Å². The number of para-hydroxylation sites is 1. The molecule has 1 fully saturated rings. The van der Waals surface area contributed by atoms with E-state index in [2.05, 4.69) is 27.6 Å². The van der Waals surface area contributed by atoms with Crippen molar-refractivity contribution >= 4 is 34.2 Å². The third-order valence-electron chi connectivity index (χ3n) is 6.14. The van der Waals surface area contributed by atoms with Gasteiger partial charge in [0.05, 0.1) is 12.1 Å². The zero-order chi connectivity index (χ0) is 24.0. The average molecular weight is 457 g/mol. The lowest BCUT2D eigenvalue weighted by Crippen LogP contribution is -2.43. The first-order valence-electron chi connectivity index (χ1n) is 10.9. The van der Waals surface area contributed by atoms with E-state index < -0.39 is 11.2 Å². The highest BCUT2D eigenvalue weighted by atomic mass is 16.2. The first kappa shape index (κ1) is 21.5. The predicted molar refractivity (Wildman–Crippen MR) is 128 cm³/mol. The van der Waals surface area contributed by atoms with Gasteiger partial charge in [-0.15, -0.1) is 0 Å². The third kappa shape index (κ3) is 3.36. The van der Waals surface area contributed by atoms with E-state index in [1.54, 1.807) is 35.9 Å². The van der Waals surface area contributed by atoms with Crippen molar-refractivity contribution in [2.24, 2.45) is 12.8 Å². The predicted octanol–water partition coefficient (Wildman–Crippen LogP) is 0.788. The number of fused-ring (bicyclic) bond motifs is 2. The maximum absolute atomic E-state index is 13.5. The average Bonchev–Trinajstić information content (AvgIpc) is 3.25. The molecule has 0 aliphatic carbocycles. The maximum Gasteiger partial charge on any atom is 0.332 e. The van der Waals surface area contributed by atoms with Crippen LogP contribution in [0.4, 0.5) is 5.95 Å². The zero-order valence-corrected chi connectivity index (χ0v) is 18.7. The van der Waals surface area contributed by atoms with Crippen molar-refractivity contribution in [2.45, 2.75) is 25.4 Å². The lowest BCUT2D eigenvalue weighted by Gasteiger charge is -2.31. The molecule has 1 saturated heterocycles. The van der Waals surface area contributed by atoms with Gasteiger partial charge in [-0.05, 0) is 25.0 Å². The highest BCUT2D eigenvalue weighted by Crippen LogP contribution is 2.23. The summed E-state index contributed by atoms with van der Waals surface area (Å²) in [6.07, 6.45) is 3.35. The van der Waals surface area contributed by atoms with E-state index in [9.17, 15) is 14.9 Å². The number of anilines is 1. The van der Waals surface area contributed by atoms with Crippen molar-refractivity contribution < 1.29 is 0 Å². The second-order valence-corrected chi connectivity index (χ2v) is 8.34. The quantitative estimate of drug-likeness (QED) is 0.474. The summed E-state index contributed by atoms with van der Waals surface area (Å²) in [6, 6.07) is 9.18. The van der Waals surface area contributed by atoms with E-state index in [4.69, 9.17) is 5.73 Å². The number of nitrogens with zero attached hydrogens (tertiary/aromatic N) is 8. The van der Waals surface area contributed by atoms with Crippen LogP contribution >= 0.6 is 0 Å². The Morgan fingerprint density at radius 3 is 2.79 bits per heavy atom. The number of rotatable bonds is 4. The molecule has 0 spiro atoms. The number of hydrogen-bond acceptors (Lipinski definition) is 8. The van der Waals surface area contributed by atoms with Crippen LogP contribution < -0.4 is 21.9 Å². The summed E-state index contributed by atoms with van der Waals surface area (Å²) in [5.74, 6) is 0.722. The Labute approximate surface area is 194 Å². The lowest BCUT2D eigenvalue weighted by molar-refractivity contribution is 0.499. The van der Waals surface area contributed by atoms with Crippen molar-refractivity contribution in [1.82, 2.24) is 28.7 Å². The molecule has 1 aliphatic heterocycles. The van der Waals surface area contributed by atoms with Crippen LogP contribution in [0.5, 0.6) is 0 Å². The zero-order valence-electron chi connectivity index (χ0n) is 18.7. The molecule has 2 N–H and O–H groups in total. The third-order valence-corrected chi connectivity index (χ3v) is 6.14. The van der Waals surface area contributed by atoms with Gasteiger partial charge in [-0.25, -0.2) is 14.8 Å². The molecule has 0 unspecified atom stereocenters. The number of aryl methyl sites for hydroxylation is 1. The fraction of sp³-hybridized carbons (Fsp3) is 0.304. The molecule has 172 valence electrons. The van der Waals surface area contributed by atoms with Gasteiger partial charge in [-0.3, -0.25) is 18.5 Å². The molecule has 1 aliphatic rings. The number of nitrogens with two attached hydrogens (primary N) is 1. The van der Waals surface area contributed by atoms with Gasteiger partial charge in [0.25, 0.3) is 5.56 Å². The Balaban J connectivity index is 1.68. The summed E-state index contributed by atoms with van der Waals surface area (Å²) in [7, 11) is 1.56. The van der Waals surface area contributed by atoms with E-state index in [1.165, 1.54) is 10.8 Å². The Morgan fingerprint density at radius 1 is 1.26 bits per heavy atom. The topological polar surface area (TPSA) is 141 Å². The molecule has 5 rings (SSSR count). The molecule has 11 nitrogen and oxygen atoms in total. The van der Waals surface area contributed by atoms with Crippen LogP contribution in [0.2, 0.25) is 0 Å². The molecule has 0 radical (unpaired) electrons. The van der Waals surface area contributed by atoms with Gasteiger partial charge in [0.2, 0.25) is 5.95 Å². The standard InChI is InChI=1S/C23H23N9O2/c1-3-31-19-20(28-22(31)30-10-6-7-14(25)12-30)29(2)23(34)32(21(19)33)13-18-26-16-9-5-4-8-15(16)17(11-24)27-18/h3-5,8-9,14H,1,6-7,10,12-13,25H2,2H3/t14-/m1/s1. The van der Waals surface area contributed by atoms with Crippen LogP contribution in [-0.2, 0) is 13.6 Å². The Bertz CT molecular complexity index is 1610. The Morgan fingerprint density at radius 2 is 2.06 bits per heavy atom. The molecule has 34 heavy (non-hydrogen) atoms. The Kier molecular flexibility index (Phi) is 5.22. The van der Waals surface area contributed by atoms with E-state index in [0.717, 1.165) is 24.0 Å². The van der Waals surface area contributed by atoms with Gasteiger partial charge < -0.3 is 10.6 Å². The number of imidazole rings is 1. The van der Waals surface area contributed by atoms with Crippen molar-refractivity contribution in [3.63, 3.8) is 0 Å². The van der Waals surface area contributed by atoms with Gasteiger partial charge >= 0.3 is 5.69 Å². The fourth-order valence-corrected chi connectivity index (χ4v) is 4.48. The molecule has 0 bridgehead atoms. The SMILES string of the molecule is C=Cn1c(N2CCC[C@@H](N)C2)nc2c1c(=O)n(Cc1nc(C#N)c3ccccc3n1)c(=O)n2C. The van der Waals surface area contributed by atoms with Crippen molar-refractivity contribution in [3.8, 4) is 6.07 Å². The van der Waals surface area contributed by atoms with Crippen LogP contribution in [0.1, 0.15) is 24.4 Å². The van der Waals surface area contributed by atoms with Gasteiger partial charge in [0, 0.05) is 37.8 Å². The molecular formula is C23H23N9O2. The minimum absolute atomic E-state index is 0.00619. The van der Waals surface area contributed by atoms with Crippen molar-refractivity contribution in [1.29, 1.82) is 5.26 Å². The fourth-order valence-electron chi connectivity index (χ4n) is 4.48. The number of nitriles is 1. The highest BCUT2D eigenvalue weighted by Gasteiger charge is 2.25. The summed E-state index contributed by atoms with van der Waals surface area (Å²) < 4.78 is 3.99. The first-order valence-corrected chi connectivity index (χ1v) is 10.9. The van der Waals surface area contributed by atoms with E-state index >= 15 is 0 Å². The first-order chi connectivity index (χ1) is 16.4. The van der Waals surface area contributed by atoms with Crippen LogP contribution in [0.15, 0.2) is 40.4 Å². The monoisotopic (exact) mass is 457 g/mol. The molecule has 11 heteroatoms. The minimum Gasteiger partial charge on any atom is -0.340 e. The van der Waals surface area contributed by atoms with Crippen LogP contribution in [-0.4, -0.2) is 47.8 Å². The molecule has 4 heterocycles. The molecule has 0 amide bonds. The normalized spacial score (nSPS) is 16.1. The van der Waals surface area contributed by atoms with Crippen molar-refractivity contribution in [3.05, 3.63) is 63.2 Å². The van der Waals surface area contributed by atoms with E-state index in [1.807, 2.05) is 4.90 Å². The number of benzene rings is 1. The van der Waals surface area contributed by atoms with Gasteiger partial charge in [-0.1, -0.05) is 18.7 Å². The summed E-state index contributed by atoms with van der Waals surface area (Å²) in [4.78, 5) is 42.1. The second kappa shape index (κ2) is 8.24. The minimum atomic E-state index is -0.552. The highest BCUT2D eigenvalue weighted by molar-refractivity contribution is 5.83. The summed E-state index contributed by atoms with van der Waals surface area (Å²) in [5.41, 5.74) is 6.30. The number of aromatic nitrogens is 6. The molecule has 4 aromatic rings.